The van der Waals surface area contributed by atoms with E-state index in [0.29, 0.717) is 6.61 Å². The molecule has 0 aromatic rings. The molecule has 0 saturated heterocycles. The van der Waals surface area contributed by atoms with Gasteiger partial charge in [0.1, 0.15) is 6.61 Å². The highest BCUT2D eigenvalue weighted by Gasteiger charge is 2.04. The predicted molar refractivity (Wildman–Crippen MR) is 88.5 cm³/mol. The van der Waals surface area contributed by atoms with Gasteiger partial charge in [-0.1, -0.05) is 19.9 Å². The van der Waals surface area contributed by atoms with E-state index in [-0.39, 0.29) is 0 Å². The Balaban J connectivity index is 4.49. The van der Waals surface area contributed by atoms with Gasteiger partial charge >= 0.3 is 0 Å². The lowest BCUT2D eigenvalue weighted by Gasteiger charge is -2.14. The largest absolute Gasteiger partial charge is 0.494 e. The Kier molecular flexibility index (Phi) is 10.6. The highest BCUT2D eigenvalue weighted by molar-refractivity contribution is 7.98. The summed E-state index contributed by atoms with van der Waals surface area (Å²) in [4.78, 5) is 2.02. The van der Waals surface area contributed by atoms with Crippen LogP contribution in [-0.4, -0.2) is 37.6 Å². The quantitative estimate of drug-likeness (QED) is 0.458. The molecule has 0 fully saturated rings. The molecule has 3 heteroatoms. The molecule has 0 N–H and O–H groups in total. The van der Waals surface area contributed by atoms with E-state index >= 15 is 0 Å². The number of ether oxygens (including phenoxy) is 1. The van der Waals surface area contributed by atoms with Crippen molar-refractivity contribution in [2.45, 2.75) is 33.6 Å². The molecule has 0 aliphatic carbocycles. The van der Waals surface area contributed by atoms with Gasteiger partial charge in [-0.2, -0.15) is 11.8 Å². The number of rotatable bonds is 9. The normalized spacial score (nSPS) is 13.7. The Labute approximate surface area is 123 Å². The molecule has 0 amide bonds. The minimum atomic E-state index is 0.679. The van der Waals surface area contributed by atoms with E-state index in [9.17, 15) is 0 Å². The van der Waals surface area contributed by atoms with Crippen LogP contribution >= 0.6 is 11.8 Å². The smallest absolute Gasteiger partial charge is 0.109 e. The van der Waals surface area contributed by atoms with E-state index in [1.807, 2.05) is 37.0 Å². The van der Waals surface area contributed by atoms with Crippen LogP contribution in [0.5, 0.6) is 0 Å². The molecular weight excluding hydrogens is 254 g/mol. The summed E-state index contributed by atoms with van der Waals surface area (Å²) in [6, 6.07) is 0. The molecule has 0 aliphatic rings. The zero-order valence-electron chi connectivity index (χ0n) is 13.3. The van der Waals surface area contributed by atoms with Gasteiger partial charge in [-0.05, 0) is 43.0 Å². The van der Waals surface area contributed by atoms with Crippen LogP contribution < -0.4 is 0 Å². The van der Waals surface area contributed by atoms with Gasteiger partial charge in [-0.15, -0.1) is 0 Å². The Morgan fingerprint density at radius 3 is 2.37 bits per heavy atom. The van der Waals surface area contributed by atoms with Crippen molar-refractivity contribution in [1.82, 2.24) is 4.90 Å². The molecule has 0 aliphatic heterocycles. The van der Waals surface area contributed by atoms with E-state index in [0.717, 1.165) is 18.6 Å². The van der Waals surface area contributed by atoms with Crippen molar-refractivity contribution in [3.05, 3.63) is 35.3 Å². The Morgan fingerprint density at radius 2 is 1.89 bits per heavy atom. The average Bonchev–Trinajstić information content (AvgIpc) is 2.37. The maximum Gasteiger partial charge on any atom is 0.109 e. The van der Waals surface area contributed by atoms with Gasteiger partial charge in [-0.25, -0.2) is 0 Å². The van der Waals surface area contributed by atoms with Crippen molar-refractivity contribution in [2.24, 2.45) is 0 Å². The van der Waals surface area contributed by atoms with Crippen molar-refractivity contribution < 1.29 is 4.74 Å². The molecule has 2 nitrogen and oxygen atoms in total. The van der Waals surface area contributed by atoms with Crippen LogP contribution in [0.2, 0.25) is 0 Å². The van der Waals surface area contributed by atoms with Gasteiger partial charge in [0.15, 0.2) is 0 Å². The summed E-state index contributed by atoms with van der Waals surface area (Å²) in [5, 5.41) is 0. The van der Waals surface area contributed by atoms with Gasteiger partial charge in [0, 0.05) is 26.3 Å². The maximum absolute atomic E-state index is 5.97. The summed E-state index contributed by atoms with van der Waals surface area (Å²) in [6.07, 6.45) is 10.4. The van der Waals surface area contributed by atoms with Gasteiger partial charge in [0.2, 0.25) is 0 Å². The van der Waals surface area contributed by atoms with Crippen molar-refractivity contribution in [1.29, 1.82) is 0 Å². The molecule has 0 atom stereocenters. The molecule has 0 heterocycles. The Hall–Kier alpha value is -0.830. The average molecular weight is 283 g/mol. The van der Waals surface area contributed by atoms with Gasteiger partial charge in [0.25, 0.3) is 0 Å². The van der Waals surface area contributed by atoms with E-state index in [1.165, 1.54) is 16.9 Å². The van der Waals surface area contributed by atoms with E-state index in [4.69, 9.17) is 4.74 Å². The number of hydrogen-bond acceptors (Lipinski definition) is 3. The first-order chi connectivity index (χ1) is 9.04. The van der Waals surface area contributed by atoms with Gasteiger partial charge < -0.3 is 9.64 Å². The Bertz CT molecular complexity index is 330. The number of allylic oxidation sites excluding steroid dienone is 3. The summed E-state index contributed by atoms with van der Waals surface area (Å²) >= 11 is 1.86. The minimum Gasteiger partial charge on any atom is -0.494 e. The Morgan fingerprint density at radius 1 is 1.21 bits per heavy atom. The first kappa shape index (κ1) is 18.2. The van der Waals surface area contributed by atoms with Crippen molar-refractivity contribution in [3.8, 4) is 0 Å². The second-order valence-electron chi connectivity index (χ2n) is 4.77. The minimum absolute atomic E-state index is 0.679. The second kappa shape index (κ2) is 11.0. The lowest BCUT2D eigenvalue weighted by atomic mass is 10.1. The lowest BCUT2D eigenvalue weighted by Crippen LogP contribution is -2.02. The number of thioether (sulfide) groups is 1. The molecule has 0 spiro atoms. The molecule has 110 valence electrons. The van der Waals surface area contributed by atoms with Crippen LogP contribution in [0.1, 0.15) is 33.6 Å². The zero-order chi connectivity index (χ0) is 14.7. The third kappa shape index (κ3) is 8.82. The summed E-state index contributed by atoms with van der Waals surface area (Å²) < 4.78 is 5.97. The molecule has 0 unspecified atom stereocenters. The van der Waals surface area contributed by atoms with Crippen molar-refractivity contribution >= 4 is 11.8 Å². The van der Waals surface area contributed by atoms with Gasteiger partial charge in [-0.3, -0.25) is 0 Å². The summed E-state index contributed by atoms with van der Waals surface area (Å²) in [6.45, 7) is 7.15. The second-order valence-corrected chi connectivity index (χ2v) is 5.64. The molecule has 0 rings (SSSR count). The third-order valence-corrected chi connectivity index (χ3v) is 3.34. The topological polar surface area (TPSA) is 12.5 Å². The summed E-state index contributed by atoms with van der Waals surface area (Å²) in [5.41, 5.74) is 2.68. The molecule has 0 aromatic heterocycles. The van der Waals surface area contributed by atoms with Crippen molar-refractivity contribution in [3.63, 3.8) is 0 Å². The highest BCUT2D eigenvalue weighted by atomic mass is 32.2. The molecule has 19 heavy (non-hydrogen) atoms. The highest BCUT2D eigenvalue weighted by Crippen LogP contribution is 2.18. The molecule has 0 radical (unpaired) electrons. The first-order valence-corrected chi connectivity index (χ1v) is 8.27. The fraction of sp³-hybridized carbons (Fsp3) is 0.625. The zero-order valence-corrected chi connectivity index (χ0v) is 14.1. The summed E-state index contributed by atoms with van der Waals surface area (Å²) in [5.74, 6) is 2.24. The SMILES string of the molecule is CC/C(CSC)=C(\CC)OC/C(C)=C/C=C\N(C)C. The van der Waals surface area contributed by atoms with Crippen LogP contribution in [0.15, 0.2) is 35.3 Å². The van der Waals surface area contributed by atoms with Crippen LogP contribution in [0, 0.1) is 0 Å². The van der Waals surface area contributed by atoms with Gasteiger partial charge in [0.05, 0.1) is 5.76 Å². The number of hydrogen-bond donors (Lipinski definition) is 0. The van der Waals surface area contributed by atoms with Crippen LogP contribution in [-0.2, 0) is 4.74 Å². The van der Waals surface area contributed by atoms with Crippen molar-refractivity contribution in [2.75, 3.05) is 32.7 Å². The van der Waals surface area contributed by atoms with E-state index < -0.39 is 0 Å². The lowest BCUT2D eigenvalue weighted by molar-refractivity contribution is 0.226. The van der Waals surface area contributed by atoms with Crippen LogP contribution in [0.4, 0.5) is 0 Å². The summed E-state index contributed by atoms with van der Waals surface area (Å²) in [7, 11) is 4.04. The fourth-order valence-corrected chi connectivity index (χ4v) is 2.35. The maximum atomic E-state index is 5.97. The van der Waals surface area contributed by atoms with Crippen LogP contribution in [0.25, 0.3) is 0 Å². The first-order valence-electron chi connectivity index (χ1n) is 6.88. The predicted octanol–water partition coefficient (Wildman–Crippen LogP) is 4.46. The molecular formula is C16H29NOS. The van der Waals surface area contributed by atoms with Crippen LogP contribution in [0.3, 0.4) is 0 Å². The van der Waals surface area contributed by atoms with E-state index in [1.54, 1.807) is 0 Å². The van der Waals surface area contributed by atoms with E-state index in [2.05, 4.69) is 39.2 Å². The molecule has 0 saturated carbocycles. The third-order valence-electron chi connectivity index (χ3n) is 2.70. The monoisotopic (exact) mass is 283 g/mol. The fourth-order valence-electron chi connectivity index (χ4n) is 1.64. The molecule has 0 aromatic carbocycles. The molecule has 0 bridgehead atoms. The standard InChI is InChI=1S/C16H29NOS/c1-7-15(13-19-6)16(8-2)18-12-14(3)10-9-11-17(4)5/h9-11H,7-8,12-13H2,1-6H3/b11-9-,14-10+,16-15-. The number of nitrogens with zero attached hydrogens (tertiary/aromatic N) is 1.